The molecule has 0 aliphatic rings. The molecule has 1 aromatic carbocycles. The molecule has 13 heteroatoms. The summed E-state index contributed by atoms with van der Waals surface area (Å²) in [6.45, 7) is 12.1. The molecule has 44 heavy (non-hydrogen) atoms. The fourth-order valence-corrected chi connectivity index (χ4v) is 4.69. The molecule has 0 N–H and O–H groups in total. The van der Waals surface area contributed by atoms with Gasteiger partial charge in [0.25, 0.3) is 0 Å². The fraction of sp³-hybridized carbons (Fsp3) is 0.484. The molecule has 0 radical (unpaired) electrons. The number of benzene rings is 1. The number of nitriles is 2. The van der Waals surface area contributed by atoms with Crippen molar-refractivity contribution < 1.29 is 33.3 Å². The first-order valence-corrected chi connectivity index (χ1v) is 15.0. The topological polar surface area (TPSA) is 156 Å². The van der Waals surface area contributed by atoms with Crippen molar-refractivity contribution in [2.75, 3.05) is 70.9 Å². The Bertz CT molecular complexity index is 1340. The first-order valence-electron chi connectivity index (χ1n) is 14.1. The zero-order valence-corrected chi connectivity index (χ0v) is 26.4. The molecular formula is C31H39N5O7S. The summed E-state index contributed by atoms with van der Waals surface area (Å²) in [5.41, 5.74) is 3.70. The molecule has 0 atom stereocenters. The Balaban J connectivity index is 1.63. The number of hydrogen-bond acceptors (Lipinski definition) is 13. The number of allylic oxidation sites excluding steroid dienone is 1. The van der Waals surface area contributed by atoms with Gasteiger partial charge in [-0.15, -0.1) is 21.6 Å². The second-order valence-electron chi connectivity index (χ2n) is 9.53. The minimum Gasteiger partial charge on any atom is -0.460 e. The van der Waals surface area contributed by atoms with Crippen LogP contribution in [0.3, 0.4) is 0 Å². The van der Waals surface area contributed by atoms with Crippen molar-refractivity contribution in [3.8, 4) is 12.1 Å². The highest BCUT2D eigenvalue weighted by molar-refractivity contribution is 7.16. The van der Waals surface area contributed by atoms with Gasteiger partial charge >= 0.3 is 5.97 Å². The average Bonchev–Trinajstić information content (AvgIpc) is 3.32. The molecule has 0 bridgehead atoms. The van der Waals surface area contributed by atoms with E-state index in [1.54, 1.807) is 6.92 Å². The molecule has 1 aromatic heterocycles. The zero-order valence-electron chi connectivity index (χ0n) is 25.6. The number of carbonyl (C=O) groups excluding carboxylic acids is 2. The van der Waals surface area contributed by atoms with Crippen molar-refractivity contribution in [2.24, 2.45) is 10.2 Å². The first-order chi connectivity index (χ1) is 21.3. The lowest BCUT2D eigenvalue weighted by Gasteiger charge is -2.29. The number of carbonyl (C=O) groups is 2. The van der Waals surface area contributed by atoms with Crippen LogP contribution in [0.2, 0.25) is 0 Å². The molecular weight excluding hydrogens is 586 g/mol. The van der Waals surface area contributed by atoms with E-state index in [4.69, 9.17) is 23.7 Å². The van der Waals surface area contributed by atoms with Gasteiger partial charge in [0, 0.05) is 24.4 Å². The van der Waals surface area contributed by atoms with E-state index in [-0.39, 0.29) is 19.3 Å². The third kappa shape index (κ3) is 12.7. The Hall–Kier alpha value is -3.98. The Labute approximate surface area is 262 Å². The number of azo groups is 1. The molecule has 236 valence electrons. The van der Waals surface area contributed by atoms with Gasteiger partial charge in [0.05, 0.1) is 64.1 Å². The molecule has 0 unspecified atom stereocenters. The lowest BCUT2D eigenvalue weighted by Crippen LogP contribution is -2.34. The molecule has 2 rings (SSSR count). The summed E-state index contributed by atoms with van der Waals surface area (Å²) in [6.07, 6.45) is 2.62. The number of hydrogen-bond donors (Lipinski definition) is 0. The monoisotopic (exact) mass is 625 g/mol. The highest BCUT2D eigenvalue weighted by Gasteiger charge is 2.15. The Morgan fingerprint density at radius 3 is 2.09 bits per heavy atom. The fourth-order valence-electron chi connectivity index (χ4n) is 3.81. The number of aldehydes is 1. The summed E-state index contributed by atoms with van der Waals surface area (Å²) in [4.78, 5) is 24.0. The summed E-state index contributed by atoms with van der Waals surface area (Å²) >= 11 is 1.17. The maximum absolute atomic E-state index is 11.1. The molecule has 12 nitrogen and oxygen atoms in total. The molecule has 1 heterocycles. The van der Waals surface area contributed by atoms with Crippen LogP contribution in [0.5, 0.6) is 0 Å². The molecule has 0 aliphatic carbocycles. The average molecular weight is 626 g/mol. The van der Waals surface area contributed by atoms with Crippen LogP contribution in [-0.4, -0.2) is 84.3 Å². The van der Waals surface area contributed by atoms with Crippen molar-refractivity contribution in [3.63, 3.8) is 0 Å². The Morgan fingerprint density at radius 2 is 1.55 bits per heavy atom. The quantitative estimate of drug-likeness (QED) is 0.0601. The van der Waals surface area contributed by atoms with Crippen LogP contribution in [0, 0.1) is 36.5 Å². The minimum atomic E-state index is -0.587. The third-order valence-electron chi connectivity index (χ3n) is 6.10. The number of thiophene rings is 1. The highest BCUT2D eigenvalue weighted by Crippen LogP contribution is 2.36. The number of esters is 1. The lowest BCUT2D eigenvalue weighted by atomic mass is 10.1. The minimum absolute atomic E-state index is 0.104. The van der Waals surface area contributed by atoms with E-state index in [0.29, 0.717) is 85.8 Å². The number of anilines is 1. The van der Waals surface area contributed by atoms with Crippen LogP contribution in [0.4, 0.5) is 16.4 Å². The molecule has 0 fully saturated rings. The van der Waals surface area contributed by atoms with Crippen LogP contribution in [0.1, 0.15) is 35.4 Å². The summed E-state index contributed by atoms with van der Waals surface area (Å²) < 4.78 is 26.9. The second-order valence-corrected chi connectivity index (χ2v) is 10.5. The normalized spacial score (nSPS) is 11.2. The van der Waals surface area contributed by atoms with E-state index < -0.39 is 5.97 Å². The summed E-state index contributed by atoms with van der Waals surface area (Å²) in [5, 5.41) is 27.7. The van der Waals surface area contributed by atoms with E-state index in [2.05, 4.69) is 47.2 Å². The van der Waals surface area contributed by atoms with Crippen LogP contribution in [0.15, 0.2) is 40.6 Å². The molecule has 0 aliphatic heterocycles. The van der Waals surface area contributed by atoms with E-state index >= 15 is 0 Å². The van der Waals surface area contributed by atoms with Crippen molar-refractivity contribution in [3.05, 3.63) is 51.9 Å². The third-order valence-corrected chi connectivity index (χ3v) is 7.18. The maximum Gasteiger partial charge on any atom is 0.330 e. The summed E-state index contributed by atoms with van der Waals surface area (Å²) in [7, 11) is 0. The van der Waals surface area contributed by atoms with Gasteiger partial charge in [-0.1, -0.05) is 0 Å². The second kappa shape index (κ2) is 20.8. The van der Waals surface area contributed by atoms with Crippen LogP contribution in [-0.2, 0) is 33.3 Å². The molecule has 0 saturated heterocycles. The molecule has 0 spiro atoms. The molecule has 0 saturated carbocycles. The van der Waals surface area contributed by atoms with Crippen molar-refractivity contribution in [2.45, 2.75) is 33.7 Å². The largest absolute Gasteiger partial charge is 0.460 e. The van der Waals surface area contributed by atoms with E-state index in [9.17, 15) is 20.1 Å². The number of rotatable bonds is 21. The number of nitrogens with zero attached hydrogens (tertiary/aromatic N) is 5. The van der Waals surface area contributed by atoms with Crippen molar-refractivity contribution in [1.29, 1.82) is 10.5 Å². The summed E-state index contributed by atoms with van der Waals surface area (Å²) in [6, 6.07) is 10.4. The summed E-state index contributed by atoms with van der Waals surface area (Å²) in [5.74, 6) is -0.587. The smallest absolute Gasteiger partial charge is 0.330 e. The van der Waals surface area contributed by atoms with Gasteiger partial charge in [-0.3, -0.25) is 4.79 Å². The standard InChI is InChI=1S/C31H39N5O7S/c1-23(2)36(9-11-39-12-13-40-14-15-41-16-17-42-18-19-43-30(38)6-5-10-37)26-7-8-28(24(3)20-26)34-35-31-27(21-32)25(4)29(22-33)44-31/h5-8,10,20,23H,9,11-19H2,1-4H3/b6-5-,35-34+. The Morgan fingerprint density at radius 1 is 0.932 bits per heavy atom. The predicted molar refractivity (Wildman–Crippen MR) is 166 cm³/mol. The maximum atomic E-state index is 11.1. The van der Waals surface area contributed by atoms with Crippen molar-refractivity contribution >= 4 is 40.0 Å². The highest BCUT2D eigenvalue weighted by atomic mass is 32.1. The van der Waals surface area contributed by atoms with Gasteiger partial charge in [-0.05, 0) is 63.1 Å². The van der Waals surface area contributed by atoms with Gasteiger partial charge in [-0.25, -0.2) is 4.79 Å². The first kappa shape index (κ1) is 36.2. The SMILES string of the molecule is Cc1cc(N(CCOCCOCCOCCOCCOC(=O)/C=C\C=O)C(C)C)ccc1/N=N/c1sc(C#N)c(C)c1C#N. The van der Waals surface area contributed by atoms with E-state index in [1.165, 1.54) is 11.3 Å². The van der Waals surface area contributed by atoms with Gasteiger partial charge in [0.2, 0.25) is 0 Å². The van der Waals surface area contributed by atoms with Gasteiger partial charge in [0.1, 0.15) is 29.9 Å². The molecule has 2 aromatic rings. The number of ether oxygens (including phenoxy) is 5. The zero-order chi connectivity index (χ0) is 32.2. The van der Waals surface area contributed by atoms with Crippen LogP contribution in [0.25, 0.3) is 0 Å². The predicted octanol–water partition coefficient (Wildman–Crippen LogP) is 5.10. The van der Waals surface area contributed by atoms with Gasteiger partial charge in [0.15, 0.2) is 5.00 Å². The van der Waals surface area contributed by atoms with Crippen LogP contribution >= 0.6 is 11.3 Å². The van der Waals surface area contributed by atoms with Crippen molar-refractivity contribution in [1.82, 2.24) is 0 Å². The van der Waals surface area contributed by atoms with Gasteiger partial charge < -0.3 is 28.6 Å². The lowest BCUT2D eigenvalue weighted by molar-refractivity contribution is -0.139. The molecule has 0 amide bonds. The Kier molecular flexibility index (Phi) is 17.2. The van der Waals surface area contributed by atoms with E-state index in [0.717, 1.165) is 23.4 Å². The van der Waals surface area contributed by atoms with E-state index in [1.807, 2.05) is 19.1 Å². The van der Waals surface area contributed by atoms with Gasteiger partial charge in [-0.2, -0.15) is 10.5 Å². The number of aryl methyl sites for hydroxylation is 1. The van der Waals surface area contributed by atoms with Crippen LogP contribution < -0.4 is 4.90 Å².